The van der Waals surface area contributed by atoms with Crippen LogP contribution in [0.4, 0.5) is 0 Å². The highest BCUT2D eigenvalue weighted by Crippen LogP contribution is 2.38. The number of amides is 2. The fraction of sp³-hybridized carbons (Fsp3) is 0.679. The summed E-state index contributed by atoms with van der Waals surface area (Å²) in [7, 11) is 0. The molecule has 34 heavy (non-hydrogen) atoms. The first kappa shape index (κ1) is 26.7. The van der Waals surface area contributed by atoms with Gasteiger partial charge in [-0.1, -0.05) is 56.5 Å². The van der Waals surface area contributed by atoms with Gasteiger partial charge in [0.1, 0.15) is 0 Å². The summed E-state index contributed by atoms with van der Waals surface area (Å²) in [4.78, 5) is 28.0. The van der Waals surface area contributed by atoms with Crippen LogP contribution >= 0.6 is 0 Å². The standard InChI is InChI=1S/C28H44N3O3/c1-19(2)26(33)29-23(15-20-11-7-6-8-12-20)25(32)18-31-17-22-14-10-9-13-21(22)16-24(31)27(34)30-28(3,4)5/h6-8,11-12,19,21-25,32H,1,9-10,13-18H2,2-5H3,(H,29,33)(H,30,34). The number of aliphatic hydroxyl groups excluding tert-OH is 1. The molecular weight excluding hydrogens is 426 g/mol. The van der Waals surface area contributed by atoms with E-state index in [0.29, 0.717) is 24.8 Å². The molecule has 0 bridgehead atoms. The zero-order valence-corrected chi connectivity index (χ0v) is 21.4. The first-order valence-corrected chi connectivity index (χ1v) is 12.9. The van der Waals surface area contributed by atoms with Gasteiger partial charge in [0.2, 0.25) is 11.8 Å². The molecule has 3 N–H and O–H groups in total. The van der Waals surface area contributed by atoms with Gasteiger partial charge in [0.25, 0.3) is 0 Å². The molecule has 6 nitrogen and oxygen atoms in total. The number of piperidine rings is 1. The van der Waals surface area contributed by atoms with Gasteiger partial charge in [0, 0.05) is 24.5 Å². The largest absolute Gasteiger partial charge is 0.390 e. The van der Waals surface area contributed by atoms with Crippen molar-refractivity contribution in [3.05, 3.63) is 42.8 Å². The molecule has 189 valence electrons. The van der Waals surface area contributed by atoms with E-state index in [0.717, 1.165) is 18.5 Å². The number of nitrogens with one attached hydrogen (secondary N) is 2. The van der Waals surface area contributed by atoms with Crippen molar-refractivity contribution < 1.29 is 14.7 Å². The maximum absolute atomic E-state index is 13.3. The molecule has 1 heterocycles. The number of aliphatic hydroxyl groups is 1. The van der Waals surface area contributed by atoms with Gasteiger partial charge in [-0.05, 0) is 64.4 Å². The molecule has 1 aromatic carbocycles. The summed E-state index contributed by atoms with van der Waals surface area (Å²) in [5.41, 5.74) is 0.746. The van der Waals surface area contributed by atoms with E-state index in [2.05, 4.69) is 22.5 Å². The van der Waals surface area contributed by atoms with Crippen LogP contribution in [-0.2, 0) is 16.0 Å². The first-order chi connectivity index (χ1) is 16.0. The molecule has 2 aliphatic rings. The molecule has 2 fully saturated rings. The average molecular weight is 471 g/mol. The zero-order chi connectivity index (χ0) is 24.9. The lowest BCUT2D eigenvalue weighted by Gasteiger charge is -2.47. The normalized spacial score (nSPS) is 25.3. The highest BCUT2D eigenvalue weighted by Gasteiger charge is 2.41. The number of hydrogen-bond donors (Lipinski definition) is 3. The molecule has 0 spiro atoms. The lowest BCUT2D eigenvalue weighted by Crippen LogP contribution is -2.60. The molecule has 1 saturated carbocycles. The topological polar surface area (TPSA) is 81.7 Å². The number of carbonyl (C=O) groups is 2. The fourth-order valence-corrected chi connectivity index (χ4v) is 5.47. The maximum Gasteiger partial charge on any atom is 0.237 e. The Bertz CT molecular complexity index is 805. The minimum absolute atomic E-state index is 0.0405. The van der Waals surface area contributed by atoms with Crippen molar-refractivity contribution in [1.29, 1.82) is 0 Å². The zero-order valence-electron chi connectivity index (χ0n) is 21.4. The van der Waals surface area contributed by atoms with Crippen LogP contribution in [0.25, 0.3) is 0 Å². The van der Waals surface area contributed by atoms with E-state index in [-0.39, 0.29) is 23.4 Å². The van der Waals surface area contributed by atoms with E-state index < -0.39 is 18.1 Å². The van der Waals surface area contributed by atoms with Crippen LogP contribution in [0, 0.1) is 24.7 Å². The smallest absolute Gasteiger partial charge is 0.237 e. The highest BCUT2D eigenvalue weighted by molar-refractivity contribution is 5.82. The molecule has 6 heteroatoms. The number of rotatable bonds is 8. The molecule has 3 rings (SSSR count). The van der Waals surface area contributed by atoms with Crippen LogP contribution in [0.2, 0.25) is 0 Å². The number of fused-ring (bicyclic) bond motifs is 1. The fourth-order valence-electron chi connectivity index (χ4n) is 5.47. The molecule has 1 saturated heterocycles. The third-order valence-corrected chi connectivity index (χ3v) is 7.26. The Hall–Kier alpha value is -1.92. The van der Waals surface area contributed by atoms with Crippen molar-refractivity contribution >= 4 is 11.8 Å². The Morgan fingerprint density at radius 3 is 2.41 bits per heavy atom. The van der Waals surface area contributed by atoms with Gasteiger partial charge in [-0.3, -0.25) is 14.5 Å². The van der Waals surface area contributed by atoms with Gasteiger partial charge in [-0.15, -0.1) is 0 Å². The van der Waals surface area contributed by atoms with E-state index in [1.807, 2.05) is 51.1 Å². The SMILES string of the molecule is [CH2]C(C)C(=O)NC(Cc1ccccc1)C(O)CN1CC2CCCCC2CC1C(=O)NC(C)(C)C. The van der Waals surface area contributed by atoms with Crippen LogP contribution < -0.4 is 10.6 Å². The minimum atomic E-state index is -0.798. The van der Waals surface area contributed by atoms with Gasteiger partial charge in [-0.2, -0.15) is 0 Å². The quantitative estimate of drug-likeness (QED) is 0.544. The predicted molar refractivity (Wildman–Crippen MR) is 136 cm³/mol. The van der Waals surface area contributed by atoms with Crippen LogP contribution in [0.15, 0.2) is 30.3 Å². The molecule has 0 aromatic heterocycles. The Balaban J connectivity index is 1.78. The van der Waals surface area contributed by atoms with Crippen LogP contribution in [0.1, 0.15) is 65.4 Å². The second kappa shape index (κ2) is 11.7. The second-order valence-corrected chi connectivity index (χ2v) is 11.5. The molecule has 6 unspecified atom stereocenters. The van der Waals surface area contributed by atoms with Gasteiger partial charge < -0.3 is 15.7 Å². The summed E-state index contributed by atoms with van der Waals surface area (Å²) in [6, 6.07) is 9.19. The Morgan fingerprint density at radius 1 is 1.15 bits per heavy atom. The van der Waals surface area contributed by atoms with Gasteiger partial charge in [0.05, 0.1) is 18.2 Å². The summed E-state index contributed by atoms with van der Waals surface area (Å²) < 4.78 is 0. The lowest BCUT2D eigenvalue weighted by atomic mass is 9.72. The Labute approximate surface area is 205 Å². The summed E-state index contributed by atoms with van der Waals surface area (Å²) in [6.45, 7) is 12.8. The average Bonchev–Trinajstić information content (AvgIpc) is 2.77. The summed E-state index contributed by atoms with van der Waals surface area (Å²) in [5.74, 6) is 0.604. The van der Waals surface area contributed by atoms with Crippen molar-refractivity contribution in [3.8, 4) is 0 Å². The van der Waals surface area contributed by atoms with Crippen molar-refractivity contribution in [1.82, 2.24) is 15.5 Å². The second-order valence-electron chi connectivity index (χ2n) is 11.5. The highest BCUT2D eigenvalue weighted by atomic mass is 16.3. The minimum Gasteiger partial charge on any atom is -0.390 e. The monoisotopic (exact) mass is 470 g/mol. The van der Waals surface area contributed by atoms with Gasteiger partial charge >= 0.3 is 0 Å². The van der Waals surface area contributed by atoms with Crippen molar-refractivity contribution in [2.24, 2.45) is 17.8 Å². The third-order valence-electron chi connectivity index (χ3n) is 7.26. The van der Waals surface area contributed by atoms with Crippen molar-refractivity contribution in [3.63, 3.8) is 0 Å². The van der Waals surface area contributed by atoms with E-state index in [9.17, 15) is 14.7 Å². The van der Waals surface area contributed by atoms with Crippen molar-refractivity contribution in [2.45, 2.75) is 89.9 Å². The predicted octanol–water partition coefficient (Wildman–Crippen LogP) is 3.34. The molecule has 1 aliphatic carbocycles. The first-order valence-electron chi connectivity index (χ1n) is 12.9. The van der Waals surface area contributed by atoms with Crippen LogP contribution in [0.3, 0.4) is 0 Å². The summed E-state index contributed by atoms with van der Waals surface area (Å²) >= 11 is 0. The maximum atomic E-state index is 13.3. The van der Waals surface area contributed by atoms with E-state index in [1.54, 1.807) is 6.92 Å². The third kappa shape index (κ3) is 7.54. The number of hydrogen-bond acceptors (Lipinski definition) is 4. The number of likely N-dealkylation sites (tertiary alicyclic amines) is 1. The number of β-amino-alcohol motifs (C(OH)–C–C–N with tert-alkyl or cyclic N) is 1. The number of nitrogens with zero attached hydrogens (tertiary/aromatic N) is 1. The summed E-state index contributed by atoms with van der Waals surface area (Å²) in [6.07, 6.45) is 5.43. The molecule has 1 radical (unpaired) electrons. The van der Waals surface area contributed by atoms with E-state index >= 15 is 0 Å². The summed E-state index contributed by atoms with van der Waals surface area (Å²) in [5, 5.41) is 17.6. The van der Waals surface area contributed by atoms with Crippen LogP contribution in [0.5, 0.6) is 0 Å². The Kier molecular flexibility index (Phi) is 9.16. The molecule has 1 aromatic rings. The van der Waals surface area contributed by atoms with Crippen LogP contribution in [-0.4, -0.2) is 58.6 Å². The van der Waals surface area contributed by atoms with E-state index in [4.69, 9.17) is 0 Å². The molecular formula is C28H44N3O3. The van der Waals surface area contributed by atoms with E-state index in [1.165, 1.54) is 25.7 Å². The number of carbonyl (C=O) groups excluding carboxylic acids is 2. The van der Waals surface area contributed by atoms with Gasteiger partial charge in [-0.25, -0.2) is 0 Å². The lowest BCUT2D eigenvalue weighted by molar-refractivity contribution is -0.133. The molecule has 2 amide bonds. The van der Waals surface area contributed by atoms with Crippen molar-refractivity contribution in [2.75, 3.05) is 13.1 Å². The molecule has 6 atom stereocenters. The Morgan fingerprint density at radius 2 is 1.79 bits per heavy atom. The molecule has 1 aliphatic heterocycles. The van der Waals surface area contributed by atoms with Gasteiger partial charge in [0.15, 0.2) is 0 Å². The number of benzene rings is 1.